The van der Waals surface area contributed by atoms with Crippen molar-refractivity contribution in [2.45, 2.75) is 57.5 Å². The summed E-state index contributed by atoms with van der Waals surface area (Å²) >= 11 is 1.42. The van der Waals surface area contributed by atoms with Crippen molar-refractivity contribution in [1.82, 2.24) is 14.8 Å². The van der Waals surface area contributed by atoms with E-state index >= 15 is 0 Å². The zero-order valence-electron chi connectivity index (χ0n) is 15.4. The number of thioether (sulfide) groups is 1. The Bertz CT molecular complexity index is 667. The minimum atomic E-state index is -0.0297. The highest BCUT2D eigenvalue weighted by Gasteiger charge is 2.11. The standard InChI is InChI=1S/C19H28N4OS/c1-4-5-6-7-8-9-17-21-22-19(23(17)3)25-14-18(24)20-16-12-10-15(2)11-13-16/h10-13H,4-9,14H2,1-3H3,(H,20,24). The van der Waals surface area contributed by atoms with E-state index in [1.165, 1.54) is 43.0 Å². The first-order valence-electron chi connectivity index (χ1n) is 8.97. The minimum absolute atomic E-state index is 0.0297. The molecule has 1 aromatic carbocycles. The van der Waals surface area contributed by atoms with Crippen LogP contribution in [0.25, 0.3) is 0 Å². The van der Waals surface area contributed by atoms with E-state index in [2.05, 4.69) is 22.4 Å². The maximum absolute atomic E-state index is 12.1. The lowest BCUT2D eigenvalue weighted by Gasteiger charge is -2.06. The lowest BCUT2D eigenvalue weighted by molar-refractivity contribution is -0.113. The summed E-state index contributed by atoms with van der Waals surface area (Å²) in [7, 11) is 1.97. The Labute approximate surface area is 154 Å². The number of benzene rings is 1. The van der Waals surface area contributed by atoms with Gasteiger partial charge in [-0.05, 0) is 25.5 Å². The Balaban J connectivity index is 1.76. The van der Waals surface area contributed by atoms with E-state index in [0.717, 1.165) is 29.5 Å². The third-order valence-electron chi connectivity index (χ3n) is 4.10. The Kier molecular flexibility index (Phi) is 7.98. The highest BCUT2D eigenvalue weighted by atomic mass is 32.2. The van der Waals surface area contributed by atoms with E-state index in [1.54, 1.807) is 0 Å². The molecule has 0 bridgehead atoms. The van der Waals surface area contributed by atoms with Gasteiger partial charge in [0.1, 0.15) is 5.82 Å². The van der Waals surface area contributed by atoms with Crippen molar-refractivity contribution >= 4 is 23.4 Å². The number of hydrogen-bond acceptors (Lipinski definition) is 4. The number of rotatable bonds is 10. The van der Waals surface area contributed by atoms with Crippen LogP contribution < -0.4 is 5.32 Å². The predicted molar refractivity (Wildman–Crippen MR) is 104 cm³/mol. The molecular formula is C19H28N4OS. The number of nitrogens with zero attached hydrogens (tertiary/aromatic N) is 3. The molecule has 1 aromatic heterocycles. The van der Waals surface area contributed by atoms with Crippen LogP contribution in [0.2, 0.25) is 0 Å². The molecule has 0 aliphatic heterocycles. The molecule has 0 saturated heterocycles. The number of anilines is 1. The second kappa shape index (κ2) is 10.2. The third kappa shape index (κ3) is 6.53. The maximum Gasteiger partial charge on any atom is 0.234 e. The van der Waals surface area contributed by atoms with Crippen LogP contribution in [0, 0.1) is 6.92 Å². The van der Waals surface area contributed by atoms with Crippen LogP contribution in [-0.4, -0.2) is 26.4 Å². The van der Waals surface area contributed by atoms with Crippen molar-refractivity contribution < 1.29 is 4.79 Å². The molecular weight excluding hydrogens is 332 g/mol. The summed E-state index contributed by atoms with van der Waals surface area (Å²) in [6.07, 6.45) is 7.18. The van der Waals surface area contributed by atoms with Crippen molar-refractivity contribution in [2.24, 2.45) is 7.05 Å². The number of unbranched alkanes of at least 4 members (excludes halogenated alkanes) is 4. The molecule has 0 saturated carbocycles. The molecule has 0 aliphatic rings. The van der Waals surface area contributed by atoms with Crippen molar-refractivity contribution in [3.05, 3.63) is 35.7 Å². The Morgan fingerprint density at radius 1 is 1.12 bits per heavy atom. The molecule has 0 atom stereocenters. The van der Waals surface area contributed by atoms with Gasteiger partial charge in [-0.1, -0.05) is 62.1 Å². The van der Waals surface area contributed by atoms with Gasteiger partial charge in [0.25, 0.3) is 0 Å². The lowest BCUT2D eigenvalue weighted by Crippen LogP contribution is -2.14. The fourth-order valence-corrected chi connectivity index (χ4v) is 3.27. The number of nitrogens with one attached hydrogen (secondary N) is 1. The van der Waals surface area contributed by atoms with Crippen molar-refractivity contribution in [1.29, 1.82) is 0 Å². The monoisotopic (exact) mass is 360 g/mol. The average Bonchev–Trinajstić information content (AvgIpc) is 2.95. The molecule has 1 heterocycles. The predicted octanol–water partition coefficient (Wildman–Crippen LogP) is 4.37. The van der Waals surface area contributed by atoms with Gasteiger partial charge in [-0.2, -0.15) is 0 Å². The quantitative estimate of drug-likeness (QED) is 0.505. The van der Waals surface area contributed by atoms with Crippen molar-refractivity contribution in [3.63, 3.8) is 0 Å². The van der Waals surface area contributed by atoms with Crippen LogP contribution >= 0.6 is 11.8 Å². The smallest absolute Gasteiger partial charge is 0.234 e. The van der Waals surface area contributed by atoms with E-state index in [-0.39, 0.29) is 5.91 Å². The van der Waals surface area contributed by atoms with Crippen LogP contribution in [0.3, 0.4) is 0 Å². The van der Waals surface area contributed by atoms with Gasteiger partial charge in [-0.15, -0.1) is 10.2 Å². The largest absolute Gasteiger partial charge is 0.325 e. The SMILES string of the molecule is CCCCCCCc1nnc(SCC(=O)Nc2ccc(C)cc2)n1C. The molecule has 136 valence electrons. The van der Waals surface area contributed by atoms with Gasteiger partial charge >= 0.3 is 0 Å². The molecule has 2 aromatic rings. The molecule has 0 spiro atoms. The van der Waals surface area contributed by atoms with E-state index in [1.807, 2.05) is 42.8 Å². The fourth-order valence-electron chi connectivity index (χ4n) is 2.54. The molecule has 0 unspecified atom stereocenters. The Hall–Kier alpha value is -1.82. The first-order valence-corrected chi connectivity index (χ1v) is 9.96. The summed E-state index contributed by atoms with van der Waals surface area (Å²) in [6, 6.07) is 7.80. The number of hydrogen-bond donors (Lipinski definition) is 1. The number of aromatic nitrogens is 3. The van der Waals surface area contributed by atoms with Crippen LogP contribution in [0.1, 0.15) is 50.4 Å². The highest BCUT2D eigenvalue weighted by molar-refractivity contribution is 7.99. The molecule has 1 N–H and O–H groups in total. The number of carbonyl (C=O) groups excluding carboxylic acids is 1. The van der Waals surface area contributed by atoms with Gasteiger partial charge < -0.3 is 9.88 Å². The Morgan fingerprint density at radius 3 is 2.56 bits per heavy atom. The first kappa shape index (κ1) is 19.5. The summed E-state index contributed by atoms with van der Waals surface area (Å²) in [5, 5.41) is 12.2. The number of aryl methyl sites for hydroxylation is 2. The number of carbonyl (C=O) groups is 1. The van der Waals surface area contributed by atoms with Crippen LogP contribution in [0.15, 0.2) is 29.4 Å². The maximum atomic E-state index is 12.1. The fraction of sp³-hybridized carbons (Fsp3) is 0.526. The first-order chi connectivity index (χ1) is 12.1. The van der Waals surface area contributed by atoms with Gasteiger partial charge in [0.15, 0.2) is 5.16 Å². The Morgan fingerprint density at radius 2 is 1.84 bits per heavy atom. The van der Waals surface area contributed by atoms with E-state index in [4.69, 9.17) is 0 Å². The summed E-state index contributed by atoms with van der Waals surface area (Å²) in [6.45, 7) is 4.25. The molecule has 2 rings (SSSR count). The molecule has 5 nitrogen and oxygen atoms in total. The molecule has 25 heavy (non-hydrogen) atoms. The van der Waals surface area contributed by atoms with Gasteiger partial charge in [0, 0.05) is 19.2 Å². The summed E-state index contributed by atoms with van der Waals surface area (Å²) in [4.78, 5) is 12.1. The second-order valence-corrected chi connectivity index (χ2v) is 7.27. The van der Waals surface area contributed by atoms with Gasteiger partial charge in [-0.25, -0.2) is 0 Å². The van der Waals surface area contributed by atoms with E-state index < -0.39 is 0 Å². The van der Waals surface area contributed by atoms with Crippen molar-refractivity contribution in [2.75, 3.05) is 11.1 Å². The summed E-state index contributed by atoms with van der Waals surface area (Å²) < 4.78 is 2.00. The molecule has 0 radical (unpaired) electrons. The summed E-state index contributed by atoms with van der Waals surface area (Å²) in [5.41, 5.74) is 2.00. The number of amides is 1. The zero-order valence-corrected chi connectivity index (χ0v) is 16.2. The van der Waals surface area contributed by atoms with Crippen LogP contribution in [-0.2, 0) is 18.3 Å². The van der Waals surface area contributed by atoms with Gasteiger partial charge in [0.05, 0.1) is 5.75 Å². The molecule has 0 fully saturated rings. The lowest BCUT2D eigenvalue weighted by atomic mass is 10.1. The van der Waals surface area contributed by atoms with Crippen molar-refractivity contribution in [3.8, 4) is 0 Å². The second-order valence-electron chi connectivity index (χ2n) is 6.32. The minimum Gasteiger partial charge on any atom is -0.325 e. The molecule has 6 heteroatoms. The van der Waals surface area contributed by atoms with Gasteiger partial charge in [-0.3, -0.25) is 4.79 Å². The van der Waals surface area contributed by atoms with Crippen LogP contribution in [0.5, 0.6) is 0 Å². The topological polar surface area (TPSA) is 59.8 Å². The van der Waals surface area contributed by atoms with E-state index in [0.29, 0.717) is 5.75 Å². The van der Waals surface area contributed by atoms with E-state index in [9.17, 15) is 4.79 Å². The highest BCUT2D eigenvalue weighted by Crippen LogP contribution is 2.18. The average molecular weight is 361 g/mol. The molecule has 0 aliphatic carbocycles. The third-order valence-corrected chi connectivity index (χ3v) is 5.12. The van der Waals surface area contributed by atoms with Gasteiger partial charge in [0.2, 0.25) is 5.91 Å². The zero-order chi connectivity index (χ0) is 18.1. The summed E-state index contributed by atoms with van der Waals surface area (Å²) in [5.74, 6) is 1.30. The van der Waals surface area contributed by atoms with Crippen LogP contribution in [0.4, 0.5) is 5.69 Å². The molecule has 1 amide bonds. The normalized spacial score (nSPS) is 10.8.